The second-order valence-electron chi connectivity index (χ2n) is 5.36. The molecular formula is C16H22N2O3. The minimum atomic E-state index is -0.345. The van der Waals surface area contributed by atoms with Crippen molar-refractivity contribution in [2.45, 2.75) is 32.7 Å². The van der Waals surface area contributed by atoms with Crippen molar-refractivity contribution in [3.63, 3.8) is 0 Å². The summed E-state index contributed by atoms with van der Waals surface area (Å²) in [4.78, 5) is 23.7. The molecule has 21 heavy (non-hydrogen) atoms. The SMILES string of the molecule is CCOC(=O)c1ccc(NC(=O)[C@H]2CCN[C@@H](C)C2)cc1. The van der Waals surface area contributed by atoms with E-state index in [0.29, 0.717) is 23.9 Å². The van der Waals surface area contributed by atoms with Crippen LogP contribution in [0.4, 0.5) is 5.69 Å². The second kappa shape index (κ2) is 7.22. The van der Waals surface area contributed by atoms with Gasteiger partial charge in [-0.1, -0.05) is 0 Å². The molecule has 114 valence electrons. The van der Waals surface area contributed by atoms with E-state index in [1.54, 1.807) is 31.2 Å². The molecule has 0 spiro atoms. The molecule has 2 N–H and O–H groups in total. The first-order valence-electron chi connectivity index (χ1n) is 7.41. The number of benzene rings is 1. The lowest BCUT2D eigenvalue weighted by Crippen LogP contribution is -2.40. The zero-order chi connectivity index (χ0) is 15.2. The van der Waals surface area contributed by atoms with E-state index >= 15 is 0 Å². The van der Waals surface area contributed by atoms with Gasteiger partial charge in [-0.2, -0.15) is 0 Å². The Labute approximate surface area is 125 Å². The van der Waals surface area contributed by atoms with Crippen molar-refractivity contribution in [2.24, 2.45) is 5.92 Å². The van der Waals surface area contributed by atoms with Crippen LogP contribution in [0, 0.1) is 5.92 Å². The van der Waals surface area contributed by atoms with E-state index < -0.39 is 0 Å². The normalized spacial score (nSPS) is 21.6. The highest BCUT2D eigenvalue weighted by molar-refractivity contribution is 5.94. The molecular weight excluding hydrogens is 268 g/mol. The Kier molecular flexibility index (Phi) is 5.33. The van der Waals surface area contributed by atoms with Crippen LogP contribution in [0.1, 0.15) is 37.0 Å². The molecule has 0 saturated carbocycles. The Morgan fingerprint density at radius 1 is 1.33 bits per heavy atom. The number of hydrogen-bond donors (Lipinski definition) is 2. The fourth-order valence-corrected chi connectivity index (χ4v) is 2.52. The number of amides is 1. The Morgan fingerprint density at radius 3 is 2.67 bits per heavy atom. The molecule has 0 radical (unpaired) electrons. The van der Waals surface area contributed by atoms with Crippen LogP contribution in [0.3, 0.4) is 0 Å². The van der Waals surface area contributed by atoms with E-state index in [1.807, 2.05) is 0 Å². The maximum absolute atomic E-state index is 12.2. The molecule has 1 aliphatic rings. The summed E-state index contributed by atoms with van der Waals surface area (Å²) in [6.07, 6.45) is 1.71. The Morgan fingerprint density at radius 2 is 2.05 bits per heavy atom. The summed E-state index contributed by atoms with van der Waals surface area (Å²) in [6.45, 7) is 5.09. The van der Waals surface area contributed by atoms with Crippen LogP contribution in [0.5, 0.6) is 0 Å². The minimum Gasteiger partial charge on any atom is -0.462 e. The van der Waals surface area contributed by atoms with Gasteiger partial charge in [-0.15, -0.1) is 0 Å². The Hall–Kier alpha value is -1.88. The van der Waals surface area contributed by atoms with Gasteiger partial charge in [0.05, 0.1) is 12.2 Å². The molecule has 1 saturated heterocycles. The minimum absolute atomic E-state index is 0.0472. The average molecular weight is 290 g/mol. The monoisotopic (exact) mass is 290 g/mol. The summed E-state index contributed by atoms with van der Waals surface area (Å²) in [5.41, 5.74) is 1.20. The van der Waals surface area contributed by atoms with Gasteiger partial charge in [0.25, 0.3) is 0 Å². The largest absolute Gasteiger partial charge is 0.462 e. The van der Waals surface area contributed by atoms with Crippen molar-refractivity contribution in [2.75, 3.05) is 18.5 Å². The summed E-state index contributed by atoms with van der Waals surface area (Å²) in [6, 6.07) is 7.17. The third kappa shape index (κ3) is 4.29. The molecule has 5 nitrogen and oxygen atoms in total. The van der Waals surface area contributed by atoms with Gasteiger partial charge in [-0.3, -0.25) is 4.79 Å². The number of carbonyl (C=O) groups excluding carboxylic acids is 2. The summed E-state index contributed by atoms with van der Waals surface area (Å²) in [7, 11) is 0. The average Bonchev–Trinajstić information content (AvgIpc) is 2.48. The van der Waals surface area contributed by atoms with E-state index in [2.05, 4.69) is 17.6 Å². The number of anilines is 1. The topological polar surface area (TPSA) is 67.4 Å². The third-order valence-electron chi connectivity index (χ3n) is 3.66. The Balaban J connectivity index is 1.93. The first-order valence-corrected chi connectivity index (χ1v) is 7.41. The van der Waals surface area contributed by atoms with Crippen LogP contribution in [0.25, 0.3) is 0 Å². The number of hydrogen-bond acceptors (Lipinski definition) is 4. The number of esters is 1. The zero-order valence-corrected chi connectivity index (χ0v) is 12.5. The first-order chi connectivity index (χ1) is 10.1. The molecule has 0 unspecified atom stereocenters. The molecule has 1 amide bonds. The third-order valence-corrected chi connectivity index (χ3v) is 3.66. The van der Waals surface area contributed by atoms with Crippen molar-refractivity contribution in [1.29, 1.82) is 0 Å². The lowest BCUT2D eigenvalue weighted by molar-refractivity contribution is -0.120. The fourth-order valence-electron chi connectivity index (χ4n) is 2.52. The predicted octanol–water partition coefficient (Wildman–Crippen LogP) is 2.19. The highest BCUT2D eigenvalue weighted by atomic mass is 16.5. The van der Waals surface area contributed by atoms with Crippen LogP contribution < -0.4 is 10.6 Å². The van der Waals surface area contributed by atoms with Gasteiger partial charge in [0.15, 0.2) is 0 Å². The Bertz CT molecular complexity index is 499. The van der Waals surface area contributed by atoms with E-state index in [0.717, 1.165) is 19.4 Å². The lowest BCUT2D eigenvalue weighted by atomic mass is 9.92. The fraction of sp³-hybridized carbons (Fsp3) is 0.500. The molecule has 1 aromatic carbocycles. The molecule has 0 bridgehead atoms. The van der Waals surface area contributed by atoms with Gasteiger partial charge in [0.2, 0.25) is 5.91 Å². The van der Waals surface area contributed by atoms with Crippen LogP contribution in [0.2, 0.25) is 0 Å². The highest BCUT2D eigenvalue weighted by Gasteiger charge is 2.24. The highest BCUT2D eigenvalue weighted by Crippen LogP contribution is 2.19. The van der Waals surface area contributed by atoms with E-state index in [1.165, 1.54) is 0 Å². The van der Waals surface area contributed by atoms with E-state index in [9.17, 15) is 9.59 Å². The molecule has 1 aliphatic heterocycles. The van der Waals surface area contributed by atoms with Crippen LogP contribution >= 0.6 is 0 Å². The van der Waals surface area contributed by atoms with Crippen LogP contribution in [-0.2, 0) is 9.53 Å². The molecule has 2 rings (SSSR count). The molecule has 5 heteroatoms. The van der Waals surface area contributed by atoms with Crippen molar-refractivity contribution >= 4 is 17.6 Å². The summed E-state index contributed by atoms with van der Waals surface area (Å²) < 4.78 is 4.92. The van der Waals surface area contributed by atoms with E-state index in [4.69, 9.17) is 4.74 Å². The van der Waals surface area contributed by atoms with Gasteiger partial charge >= 0.3 is 5.97 Å². The van der Waals surface area contributed by atoms with Gasteiger partial charge in [-0.25, -0.2) is 4.79 Å². The number of nitrogens with one attached hydrogen (secondary N) is 2. The maximum Gasteiger partial charge on any atom is 0.338 e. The van der Waals surface area contributed by atoms with Crippen molar-refractivity contribution in [3.05, 3.63) is 29.8 Å². The van der Waals surface area contributed by atoms with Crippen molar-refractivity contribution < 1.29 is 14.3 Å². The molecule has 1 aromatic rings. The molecule has 0 aliphatic carbocycles. The number of piperidine rings is 1. The molecule has 0 aromatic heterocycles. The van der Waals surface area contributed by atoms with E-state index in [-0.39, 0.29) is 17.8 Å². The van der Waals surface area contributed by atoms with Crippen molar-refractivity contribution in [3.8, 4) is 0 Å². The second-order valence-corrected chi connectivity index (χ2v) is 5.36. The predicted molar refractivity (Wildman–Crippen MR) is 81.2 cm³/mol. The van der Waals surface area contributed by atoms with Crippen LogP contribution in [-0.4, -0.2) is 31.1 Å². The molecule has 1 fully saturated rings. The molecule has 1 heterocycles. The standard InChI is InChI=1S/C16H22N2O3/c1-3-21-16(20)12-4-6-14(7-5-12)18-15(19)13-8-9-17-11(2)10-13/h4-7,11,13,17H,3,8-10H2,1-2H3,(H,18,19)/t11-,13-/m0/s1. The van der Waals surface area contributed by atoms with Gasteiger partial charge < -0.3 is 15.4 Å². The van der Waals surface area contributed by atoms with Gasteiger partial charge in [0.1, 0.15) is 0 Å². The van der Waals surface area contributed by atoms with Gasteiger partial charge in [-0.05, 0) is 57.5 Å². The van der Waals surface area contributed by atoms with Crippen molar-refractivity contribution in [1.82, 2.24) is 5.32 Å². The lowest BCUT2D eigenvalue weighted by Gasteiger charge is -2.27. The zero-order valence-electron chi connectivity index (χ0n) is 12.5. The van der Waals surface area contributed by atoms with Gasteiger partial charge in [0, 0.05) is 17.6 Å². The summed E-state index contributed by atoms with van der Waals surface area (Å²) in [5, 5.41) is 6.24. The number of carbonyl (C=O) groups is 2. The maximum atomic E-state index is 12.2. The summed E-state index contributed by atoms with van der Waals surface area (Å²) in [5.74, 6) is -0.249. The van der Waals surface area contributed by atoms with Crippen LogP contribution in [0.15, 0.2) is 24.3 Å². The number of rotatable bonds is 4. The number of ether oxygens (including phenoxy) is 1. The smallest absolute Gasteiger partial charge is 0.338 e. The quantitative estimate of drug-likeness (QED) is 0.834. The molecule has 2 atom stereocenters. The first kappa shape index (κ1) is 15.5. The summed E-state index contributed by atoms with van der Waals surface area (Å²) >= 11 is 0.